The van der Waals surface area contributed by atoms with Gasteiger partial charge in [0.1, 0.15) is 11.9 Å². The quantitative estimate of drug-likeness (QED) is 0.257. The first-order valence-corrected chi connectivity index (χ1v) is 16.5. The van der Waals surface area contributed by atoms with Crippen molar-refractivity contribution < 1.29 is 36.3 Å². The van der Waals surface area contributed by atoms with Gasteiger partial charge >= 0.3 is 12.7 Å². The Balaban J connectivity index is 0.00000134. The van der Waals surface area contributed by atoms with Gasteiger partial charge in [0.15, 0.2) is 20.7 Å². The Kier molecular flexibility index (Phi) is 9.61. The number of sulfone groups is 1. The zero-order valence-corrected chi connectivity index (χ0v) is 26.4. The number of aliphatic hydroxyl groups is 1. The van der Waals surface area contributed by atoms with Gasteiger partial charge in [-0.05, 0) is 49.2 Å². The van der Waals surface area contributed by atoms with E-state index in [0.717, 1.165) is 17.8 Å². The third-order valence-electron chi connectivity index (χ3n) is 7.52. The molecule has 1 N–H and O–H groups in total. The lowest BCUT2D eigenvalue weighted by Crippen LogP contribution is -2.38. The van der Waals surface area contributed by atoms with Crippen molar-refractivity contribution in [2.45, 2.75) is 42.9 Å². The number of hydrogen-bond acceptors (Lipinski definition) is 10. The zero-order chi connectivity index (χ0) is 33.2. The number of rotatable bonds is 8. The average Bonchev–Trinajstić information content (AvgIpc) is 3.77. The van der Waals surface area contributed by atoms with Gasteiger partial charge in [-0.15, -0.1) is 11.3 Å². The molecule has 46 heavy (non-hydrogen) atoms. The molecule has 16 heteroatoms. The molecule has 2 aromatic heterocycles. The molecule has 0 radical (unpaired) electrons. The van der Waals surface area contributed by atoms with Crippen LogP contribution in [-0.4, -0.2) is 63.1 Å². The Hall–Kier alpha value is -4.14. The molecule has 0 aliphatic carbocycles. The fraction of sp³-hybridized carbons (Fsp3) is 0.267. The average molecular weight is 692 g/mol. The second kappa shape index (κ2) is 13.3. The highest BCUT2D eigenvalue weighted by Gasteiger charge is 2.47. The first kappa shape index (κ1) is 33.2. The number of aromatic nitrogens is 3. The van der Waals surface area contributed by atoms with Gasteiger partial charge in [0.05, 0.1) is 28.5 Å². The van der Waals surface area contributed by atoms with E-state index in [4.69, 9.17) is 26.2 Å². The maximum atomic E-state index is 14.0. The molecule has 0 amide bonds. The fourth-order valence-corrected chi connectivity index (χ4v) is 7.91. The van der Waals surface area contributed by atoms with Crippen LogP contribution in [0.3, 0.4) is 0 Å². The molecule has 0 saturated carbocycles. The third-order valence-corrected chi connectivity index (χ3v) is 10.3. The second-order valence-corrected chi connectivity index (χ2v) is 14.0. The monoisotopic (exact) mass is 691 g/mol. The van der Waals surface area contributed by atoms with E-state index in [1.165, 1.54) is 35.6 Å². The van der Waals surface area contributed by atoms with Crippen LogP contribution in [0.2, 0.25) is 5.02 Å². The molecule has 1 fully saturated rings. The van der Waals surface area contributed by atoms with Crippen molar-refractivity contribution in [3.63, 3.8) is 0 Å². The minimum absolute atomic E-state index is 0.0208. The number of benzene rings is 2. The summed E-state index contributed by atoms with van der Waals surface area (Å²) < 4.78 is 68.1. The third kappa shape index (κ3) is 6.83. The summed E-state index contributed by atoms with van der Waals surface area (Å²) in [4.78, 5) is 27.5. The van der Waals surface area contributed by atoms with Gasteiger partial charge in [-0.2, -0.15) is 23.5 Å². The van der Waals surface area contributed by atoms with Crippen molar-refractivity contribution in [2.75, 3.05) is 12.3 Å². The normalized spacial score (nSPS) is 19.4. The van der Waals surface area contributed by atoms with E-state index in [1.807, 2.05) is 0 Å². The van der Waals surface area contributed by atoms with Crippen molar-refractivity contribution in [3.05, 3.63) is 105 Å². The minimum Gasteiger partial charge on any atom is -0.388 e. The fourth-order valence-electron chi connectivity index (χ4n) is 5.46. The number of halogens is 4. The Bertz CT molecular complexity index is 1960. The first-order valence-electron chi connectivity index (χ1n) is 13.6. The first-order chi connectivity index (χ1) is 21.9. The smallest absolute Gasteiger partial charge is 0.373 e. The van der Waals surface area contributed by atoms with E-state index in [-0.39, 0.29) is 46.9 Å². The molecule has 1 saturated heterocycles. The zero-order valence-electron chi connectivity index (χ0n) is 24.0. The highest BCUT2D eigenvalue weighted by atomic mass is 35.5. The molecule has 6 rings (SSSR count). The van der Waals surface area contributed by atoms with Crippen LogP contribution >= 0.6 is 22.9 Å². The molecule has 4 heterocycles. The maximum Gasteiger partial charge on any atom is 0.373 e. The van der Waals surface area contributed by atoms with Gasteiger partial charge in [-0.1, -0.05) is 29.8 Å². The lowest BCUT2D eigenvalue weighted by molar-refractivity contribution is -0.191. The standard InChI is InChI=1S/C29H25ClF3N5O3S2.CO2/c1-17-3-2-4-19(13-17)43(40,41)12-8-29(39)15-23-24(22-7-10-38(36-22)28(32)33)25(20-6-5-18(31)14-21(20)30)35-26(37(23)16-29)27-34-9-11-42-27;2-1-3/h2-7,9-11,13-14,25,28,39H,8,12,15-16H2,1H3;/t25-,29+;/m0./s1. The number of fused-ring (bicyclic) bond motifs is 1. The van der Waals surface area contributed by atoms with Crippen LogP contribution in [0, 0.1) is 12.7 Å². The molecule has 4 aromatic rings. The number of aryl methyl sites for hydroxylation is 1. The van der Waals surface area contributed by atoms with Crippen molar-refractivity contribution in [1.82, 2.24) is 19.7 Å². The largest absolute Gasteiger partial charge is 0.388 e. The molecule has 10 nitrogen and oxygen atoms in total. The number of carbonyl (C=O) groups excluding carboxylic acids is 2. The highest BCUT2D eigenvalue weighted by Crippen LogP contribution is 2.48. The second-order valence-electron chi connectivity index (χ2n) is 10.6. The summed E-state index contributed by atoms with van der Waals surface area (Å²) in [6, 6.07) is 10.9. The van der Waals surface area contributed by atoms with Crippen LogP contribution in [0.4, 0.5) is 13.2 Å². The molecule has 2 aromatic carbocycles. The van der Waals surface area contributed by atoms with Crippen LogP contribution in [0.15, 0.2) is 81.9 Å². The van der Waals surface area contributed by atoms with E-state index in [0.29, 0.717) is 32.4 Å². The van der Waals surface area contributed by atoms with Crippen LogP contribution in [-0.2, 0) is 19.4 Å². The molecule has 0 unspecified atom stereocenters. The number of hydrogen-bond donors (Lipinski definition) is 1. The van der Waals surface area contributed by atoms with Crippen LogP contribution in [0.5, 0.6) is 0 Å². The molecule has 2 atom stereocenters. The topological polar surface area (TPSA) is 135 Å². The van der Waals surface area contributed by atoms with E-state index in [9.17, 15) is 26.7 Å². The summed E-state index contributed by atoms with van der Waals surface area (Å²) in [5.74, 6) is -0.484. The van der Waals surface area contributed by atoms with Crippen molar-refractivity contribution in [2.24, 2.45) is 4.99 Å². The number of thiazole rings is 1. The number of amidine groups is 1. The summed E-state index contributed by atoms with van der Waals surface area (Å²) in [6.45, 7) is -1.12. The van der Waals surface area contributed by atoms with Crippen molar-refractivity contribution >= 4 is 50.3 Å². The number of aliphatic imine (C=N–C) groups is 1. The van der Waals surface area contributed by atoms with E-state index >= 15 is 0 Å². The molecule has 0 spiro atoms. The highest BCUT2D eigenvalue weighted by molar-refractivity contribution is 7.91. The van der Waals surface area contributed by atoms with E-state index in [2.05, 4.69) is 10.1 Å². The summed E-state index contributed by atoms with van der Waals surface area (Å²) >= 11 is 7.80. The van der Waals surface area contributed by atoms with Gasteiger partial charge in [-0.25, -0.2) is 22.5 Å². The summed E-state index contributed by atoms with van der Waals surface area (Å²) in [5.41, 5.74) is 0.756. The predicted molar refractivity (Wildman–Crippen MR) is 162 cm³/mol. The van der Waals surface area contributed by atoms with Crippen LogP contribution in [0.1, 0.15) is 47.3 Å². The summed E-state index contributed by atoms with van der Waals surface area (Å²) in [6.07, 6.45) is 2.86. The Morgan fingerprint density at radius 1 is 1.20 bits per heavy atom. The molecule has 240 valence electrons. The lowest BCUT2D eigenvalue weighted by atomic mass is 9.90. The van der Waals surface area contributed by atoms with Crippen molar-refractivity contribution in [1.29, 1.82) is 0 Å². The van der Waals surface area contributed by atoms with Gasteiger partial charge in [0.2, 0.25) is 0 Å². The Morgan fingerprint density at radius 2 is 1.96 bits per heavy atom. The number of nitrogens with zero attached hydrogens (tertiary/aromatic N) is 5. The minimum atomic E-state index is -3.72. The molecule has 2 aliphatic rings. The van der Waals surface area contributed by atoms with E-state index in [1.54, 1.807) is 41.6 Å². The summed E-state index contributed by atoms with van der Waals surface area (Å²) in [7, 11) is -3.72. The molecule has 2 aliphatic heterocycles. The van der Waals surface area contributed by atoms with Gasteiger partial charge in [-0.3, -0.25) is 4.99 Å². The lowest BCUT2D eigenvalue weighted by Gasteiger charge is -2.32. The van der Waals surface area contributed by atoms with Gasteiger partial charge < -0.3 is 10.0 Å². The Labute approximate surface area is 270 Å². The number of alkyl halides is 2. The van der Waals surface area contributed by atoms with Gasteiger partial charge in [0, 0.05) is 46.1 Å². The molecular formula is C30H25ClF3N5O5S2. The van der Waals surface area contributed by atoms with Crippen molar-refractivity contribution in [3.8, 4) is 0 Å². The predicted octanol–water partition coefficient (Wildman–Crippen LogP) is 5.47. The Morgan fingerprint density at radius 3 is 2.59 bits per heavy atom. The maximum absolute atomic E-state index is 14.0. The molecular weight excluding hydrogens is 667 g/mol. The van der Waals surface area contributed by atoms with E-state index < -0.39 is 33.8 Å². The van der Waals surface area contributed by atoms with Crippen LogP contribution in [0.25, 0.3) is 5.57 Å². The summed E-state index contributed by atoms with van der Waals surface area (Å²) in [5, 5.41) is 18.3. The van der Waals surface area contributed by atoms with Gasteiger partial charge in [0.25, 0.3) is 0 Å². The van der Waals surface area contributed by atoms with Crippen LogP contribution < -0.4 is 0 Å². The molecule has 0 bridgehead atoms. The SMILES string of the molecule is Cc1cccc(S(=O)(=O)CC[C@@]2(O)CC3=C(c4ccn(C(F)F)n4)[C@H](c4ccc(F)cc4Cl)N=C(c4nccs4)N3C2)c1.O=C=O.